The van der Waals surface area contributed by atoms with Crippen molar-refractivity contribution >= 4 is 45.2 Å². The first kappa shape index (κ1) is 18.6. The third kappa shape index (κ3) is 16.6. The molecule has 0 aromatic carbocycles. The topological polar surface area (TPSA) is 37.3 Å². The van der Waals surface area contributed by atoms with Crippen molar-refractivity contribution in [2.45, 2.75) is 70.3 Å². The molecule has 18 heavy (non-hydrogen) atoms. The molecule has 0 aromatic heterocycles. The fourth-order valence-corrected chi connectivity index (χ4v) is 3.69. The molecule has 0 atom stereocenters. The Morgan fingerprint density at radius 1 is 0.778 bits per heavy atom. The minimum atomic E-state index is -2.39. The Labute approximate surface area is 125 Å². The molecule has 0 radical (unpaired) electrons. The SMILES string of the molecule is O=C(O)CCCCCCCCCCC[Si](Cl)(Cl)Cl. The second kappa shape index (κ2) is 11.4. The van der Waals surface area contributed by atoms with Gasteiger partial charge in [0.05, 0.1) is 0 Å². The molecule has 0 unspecified atom stereocenters. The van der Waals surface area contributed by atoms with E-state index in [1.165, 1.54) is 25.7 Å². The summed E-state index contributed by atoms with van der Waals surface area (Å²) in [5.41, 5.74) is 0. The molecule has 0 fully saturated rings. The maximum absolute atomic E-state index is 10.3. The largest absolute Gasteiger partial charge is 0.481 e. The number of hydrogen-bond donors (Lipinski definition) is 1. The van der Waals surface area contributed by atoms with E-state index in [1.807, 2.05) is 0 Å². The number of rotatable bonds is 12. The molecule has 0 amide bonds. The maximum atomic E-state index is 10.3. The average molecular weight is 334 g/mol. The quantitative estimate of drug-likeness (QED) is 0.285. The van der Waals surface area contributed by atoms with E-state index in [-0.39, 0.29) is 0 Å². The van der Waals surface area contributed by atoms with E-state index in [2.05, 4.69) is 0 Å². The second-order valence-electron chi connectivity index (χ2n) is 4.69. The molecule has 0 aliphatic carbocycles. The van der Waals surface area contributed by atoms with Gasteiger partial charge in [-0.05, 0) is 12.5 Å². The summed E-state index contributed by atoms with van der Waals surface area (Å²) in [6.45, 7) is 0. The van der Waals surface area contributed by atoms with Crippen molar-refractivity contribution in [3.63, 3.8) is 0 Å². The van der Waals surface area contributed by atoms with Gasteiger partial charge in [-0.25, -0.2) is 0 Å². The standard InChI is InChI=1S/C12H23Cl3O2Si/c13-18(14,15)11-9-7-5-3-1-2-4-6-8-10-12(16)17/h1-11H2,(H,16,17). The van der Waals surface area contributed by atoms with Gasteiger partial charge in [-0.15, -0.1) is 33.2 Å². The molecule has 2 nitrogen and oxygen atoms in total. The van der Waals surface area contributed by atoms with Crippen LogP contribution in [0, 0.1) is 0 Å². The number of hydrogen-bond acceptors (Lipinski definition) is 1. The van der Waals surface area contributed by atoms with Crippen molar-refractivity contribution in [2.75, 3.05) is 0 Å². The van der Waals surface area contributed by atoms with E-state index in [4.69, 9.17) is 38.3 Å². The number of carboxylic acid groups (broad SMARTS) is 1. The van der Waals surface area contributed by atoms with Crippen LogP contribution in [-0.2, 0) is 4.79 Å². The molecule has 0 aliphatic heterocycles. The fraction of sp³-hybridized carbons (Fsp3) is 0.917. The molecular formula is C12H23Cl3O2Si. The zero-order chi connectivity index (χ0) is 13.9. The highest BCUT2D eigenvalue weighted by Gasteiger charge is 2.23. The molecule has 0 aromatic rings. The highest BCUT2D eigenvalue weighted by atomic mass is 35.8. The van der Waals surface area contributed by atoms with E-state index in [1.54, 1.807) is 0 Å². The van der Waals surface area contributed by atoms with Crippen molar-refractivity contribution in [2.24, 2.45) is 0 Å². The van der Waals surface area contributed by atoms with Gasteiger partial charge in [0.15, 0.2) is 0 Å². The molecule has 0 bridgehead atoms. The van der Waals surface area contributed by atoms with E-state index in [0.717, 1.165) is 38.1 Å². The maximum Gasteiger partial charge on any atom is 0.341 e. The van der Waals surface area contributed by atoms with Crippen LogP contribution in [0.3, 0.4) is 0 Å². The van der Waals surface area contributed by atoms with Crippen LogP contribution >= 0.6 is 33.2 Å². The molecule has 0 spiro atoms. The minimum absolute atomic E-state index is 0.306. The van der Waals surface area contributed by atoms with Gasteiger partial charge >= 0.3 is 12.0 Å². The summed E-state index contributed by atoms with van der Waals surface area (Å²) in [6, 6.07) is -1.62. The van der Waals surface area contributed by atoms with Crippen LogP contribution in [0.15, 0.2) is 0 Å². The van der Waals surface area contributed by atoms with Gasteiger partial charge < -0.3 is 5.11 Å². The lowest BCUT2D eigenvalue weighted by Gasteiger charge is -2.06. The fourth-order valence-electron chi connectivity index (χ4n) is 1.84. The summed E-state index contributed by atoms with van der Waals surface area (Å²) in [4.78, 5) is 10.3. The lowest BCUT2D eigenvalue weighted by molar-refractivity contribution is -0.137. The van der Waals surface area contributed by atoms with Gasteiger partial charge in [0.25, 0.3) is 0 Å². The van der Waals surface area contributed by atoms with Crippen LogP contribution in [-0.4, -0.2) is 17.1 Å². The van der Waals surface area contributed by atoms with Crippen molar-refractivity contribution in [1.29, 1.82) is 0 Å². The zero-order valence-electron chi connectivity index (χ0n) is 10.8. The Hall–Kier alpha value is 0.557. The number of aliphatic carboxylic acids is 1. The van der Waals surface area contributed by atoms with Gasteiger partial charge in [-0.3, -0.25) is 4.79 Å². The molecular weight excluding hydrogens is 311 g/mol. The molecule has 0 aliphatic rings. The van der Waals surface area contributed by atoms with Crippen LogP contribution in [0.25, 0.3) is 0 Å². The Morgan fingerprint density at radius 3 is 1.56 bits per heavy atom. The molecule has 0 heterocycles. The highest BCUT2D eigenvalue weighted by molar-refractivity contribution is 7.64. The van der Waals surface area contributed by atoms with Crippen LogP contribution in [0.1, 0.15) is 64.2 Å². The van der Waals surface area contributed by atoms with E-state index in [0.29, 0.717) is 6.42 Å². The first-order chi connectivity index (χ1) is 8.42. The molecule has 0 saturated heterocycles. The van der Waals surface area contributed by atoms with Gasteiger partial charge in [-0.1, -0.05) is 51.4 Å². The number of carbonyl (C=O) groups is 1. The van der Waals surface area contributed by atoms with Gasteiger partial charge in [0, 0.05) is 6.42 Å². The monoisotopic (exact) mass is 332 g/mol. The third-order valence-electron chi connectivity index (χ3n) is 2.85. The van der Waals surface area contributed by atoms with E-state index >= 15 is 0 Å². The second-order valence-corrected chi connectivity index (χ2v) is 14.0. The summed E-state index contributed by atoms with van der Waals surface area (Å²) < 4.78 is 0. The normalized spacial score (nSPS) is 11.7. The van der Waals surface area contributed by atoms with Gasteiger partial charge in [0.2, 0.25) is 0 Å². The first-order valence-corrected chi connectivity index (χ1v) is 11.9. The Morgan fingerprint density at radius 2 is 1.17 bits per heavy atom. The van der Waals surface area contributed by atoms with Crippen LogP contribution in [0.5, 0.6) is 0 Å². The number of carboxylic acids is 1. The van der Waals surface area contributed by atoms with Crippen molar-refractivity contribution in [1.82, 2.24) is 0 Å². The Kier molecular flexibility index (Phi) is 11.7. The zero-order valence-corrected chi connectivity index (χ0v) is 14.0. The molecule has 0 rings (SSSR count). The van der Waals surface area contributed by atoms with E-state index < -0.39 is 12.0 Å². The van der Waals surface area contributed by atoms with Crippen LogP contribution < -0.4 is 0 Å². The van der Waals surface area contributed by atoms with Gasteiger partial charge in [0.1, 0.15) is 0 Å². The lowest BCUT2D eigenvalue weighted by Crippen LogP contribution is -2.07. The number of halogens is 3. The minimum Gasteiger partial charge on any atom is -0.481 e. The predicted octanol–water partition coefficient (Wildman–Crippen LogP) is 5.63. The average Bonchev–Trinajstić information content (AvgIpc) is 2.24. The van der Waals surface area contributed by atoms with Crippen LogP contribution in [0.4, 0.5) is 0 Å². The summed E-state index contributed by atoms with van der Waals surface area (Å²) in [5, 5.41) is 8.47. The third-order valence-corrected chi connectivity index (χ3v) is 5.47. The first-order valence-electron chi connectivity index (χ1n) is 6.70. The van der Waals surface area contributed by atoms with Crippen molar-refractivity contribution < 1.29 is 9.90 Å². The van der Waals surface area contributed by atoms with Crippen molar-refractivity contribution in [3.05, 3.63) is 0 Å². The van der Waals surface area contributed by atoms with Crippen molar-refractivity contribution in [3.8, 4) is 0 Å². The van der Waals surface area contributed by atoms with Crippen LogP contribution in [0.2, 0.25) is 6.04 Å². The Bertz CT molecular complexity index is 220. The van der Waals surface area contributed by atoms with E-state index in [9.17, 15) is 4.79 Å². The predicted molar refractivity (Wildman–Crippen MR) is 81.9 cm³/mol. The van der Waals surface area contributed by atoms with Gasteiger partial charge in [-0.2, -0.15) is 0 Å². The molecule has 0 saturated carbocycles. The molecule has 1 N–H and O–H groups in total. The Balaban J connectivity index is 3.06. The smallest absolute Gasteiger partial charge is 0.341 e. The summed E-state index contributed by atoms with van der Waals surface area (Å²) in [7, 11) is 0. The summed E-state index contributed by atoms with van der Waals surface area (Å²) in [5.74, 6) is -0.687. The molecule has 108 valence electrons. The highest BCUT2D eigenvalue weighted by Crippen LogP contribution is 2.27. The molecule has 6 heteroatoms. The number of unbranched alkanes of at least 4 members (excludes halogenated alkanes) is 8. The summed E-state index contributed by atoms with van der Waals surface area (Å²) >= 11 is 17.4. The lowest BCUT2D eigenvalue weighted by atomic mass is 10.1. The summed E-state index contributed by atoms with van der Waals surface area (Å²) in [6.07, 6.45) is 10.4.